The molecule has 0 radical (unpaired) electrons. The van der Waals surface area contributed by atoms with Gasteiger partial charge in [-0.15, -0.1) is 12.6 Å². The van der Waals surface area contributed by atoms with Crippen molar-refractivity contribution in [2.75, 3.05) is 14.2 Å². The third kappa shape index (κ3) is 5.28. The Hall–Kier alpha value is -4.30. The van der Waals surface area contributed by atoms with E-state index in [1.54, 1.807) is 43.5 Å². The minimum absolute atomic E-state index is 0.194. The molecule has 4 aromatic rings. The predicted molar refractivity (Wildman–Crippen MR) is 135 cm³/mol. The number of hydrogen-bond acceptors (Lipinski definition) is 8. The average Bonchev–Trinajstić information content (AvgIpc) is 2.89. The first-order valence-corrected chi connectivity index (χ1v) is 11.0. The average molecular weight is 487 g/mol. The Kier molecular flexibility index (Phi) is 7.32. The Morgan fingerprint density at radius 2 is 1.46 bits per heavy atom. The molecule has 7 nitrogen and oxygen atoms in total. The van der Waals surface area contributed by atoms with E-state index in [4.69, 9.17) is 18.9 Å². The Balaban J connectivity index is 1.73. The third-order valence-electron chi connectivity index (χ3n) is 5.07. The summed E-state index contributed by atoms with van der Waals surface area (Å²) in [4.78, 5) is 21.3. The fourth-order valence-corrected chi connectivity index (χ4v) is 3.64. The lowest BCUT2D eigenvalue weighted by Crippen LogP contribution is -2.05. The van der Waals surface area contributed by atoms with E-state index < -0.39 is 5.97 Å². The van der Waals surface area contributed by atoms with Crippen molar-refractivity contribution < 1.29 is 23.7 Å². The number of hydrogen-bond donors (Lipinski definition) is 1. The normalized spacial score (nSPS) is 10.4. The summed E-state index contributed by atoms with van der Waals surface area (Å²) in [5.74, 6) is 1.60. The standard InChI is InChI=1S/C27H22N2O5S/c1-17(27(30)32-3)18-10-8-13-22(31-2)26(18)19-9-4-5-11-20(19)33-24-15-25(29-16-28-24)34-21-12-6-7-14-23(21)35/h4-16,35H,1H2,2-3H3. The van der Waals surface area contributed by atoms with E-state index in [1.165, 1.54) is 13.4 Å². The summed E-state index contributed by atoms with van der Waals surface area (Å²) >= 11 is 4.40. The number of rotatable bonds is 8. The van der Waals surface area contributed by atoms with Crippen LogP contribution < -0.4 is 14.2 Å². The lowest BCUT2D eigenvalue weighted by Gasteiger charge is -2.18. The summed E-state index contributed by atoms with van der Waals surface area (Å²) < 4.78 is 22.5. The molecular weight excluding hydrogens is 464 g/mol. The van der Waals surface area contributed by atoms with Crippen LogP contribution in [0.5, 0.6) is 29.0 Å². The van der Waals surface area contributed by atoms with Crippen molar-refractivity contribution in [1.29, 1.82) is 0 Å². The number of esters is 1. The van der Waals surface area contributed by atoms with Crippen LogP contribution >= 0.6 is 12.6 Å². The van der Waals surface area contributed by atoms with Crippen LogP contribution in [0.2, 0.25) is 0 Å². The molecule has 1 aromatic heterocycles. The predicted octanol–water partition coefficient (Wildman–Crippen LogP) is 6.21. The molecule has 3 aromatic carbocycles. The number of methoxy groups -OCH3 is 2. The van der Waals surface area contributed by atoms with E-state index >= 15 is 0 Å². The van der Waals surface area contributed by atoms with Gasteiger partial charge in [0.25, 0.3) is 0 Å². The highest BCUT2D eigenvalue weighted by atomic mass is 32.1. The van der Waals surface area contributed by atoms with Crippen molar-refractivity contribution in [2.24, 2.45) is 0 Å². The number of carbonyl (C=O) groups excluding carboxylic acids is 1. The van der Waals surface area contributed by atoms with Crippen molar-refractivity contribution in [3.8, 4) is 40.1 Å². The van der Waals surface area contributed by atoms with E-state index in [0.29, 0.717) is 44.7 Å². The molecule has 0 aliphatic carbocycles. The van der Waals surface area contributed by atoms with Gasteiger partial charge in [0.05, 0.1) is 25.9 Å². The number of aromatic nitrogens is 2. The van der Waals surface area contributed by atoms with Gasteiger partial charge in [-0.1, -0.05) is 49.0 Å². The molecule has 4 rings (SSSR count). The maximum atomic E-state index is 12.3. The molecule has 8 heteroatoms. The molecule has 35 heavy (non-hydrogen) atoms. The molecular formula is C27H22N2O5S. The first-order valence-electron chi connectivity index (χ1n) is 10.5. The van der Waals surface area contributed by atoms with Gasteiger partial charge in [0.1, 0.15) is 23.6 Å². The van der Waals surface area contributed by atoms with E-state index in [-0.39, 0.29) is 11.5 Å². The van der Waals surface area contributed by atoms with E-state index in [2.05, 4.69) is 29.2 Å². The first-order chi connectivity index (χ1) is 17.0. The number of thiol groups is 1. The van der Waals surface area contributed by atoms with Gasteiger partial charge in [-0.2, -0.15) is 0 Å². The van der Waals surface area contributed by atoms with Crippen LogP contribution in [0.4, 0.5) is 0 Å². The molecule has 176 valence electrons. The second kappa shape index (κ2) is 10.8. The lowest BCUT2D eigenvalue weighted by molar-refractivity contribution is -0.133. The zero-order valence-electron chi connectivity index (χ0n) is 19.1. The largest absolute Gasteiger partial charge is 0.496 e. The molecule has 0 spiro atoms. The molecule has 0 N–H and O–H groups in total. The smallest absolute Gasteiger partial charge is 0.337 e. The van der Waals surface area contributed by atoms with Crippen molar-refractivity contribution in [2.45, 2.75) is 4.90 Å². The van der Waals surface area contributed by atoms with Crippen molar-refractivity contribution >= 4 is 24.2 Å². The van der Waals surface area contributed by atoms with Crippen LogP contribution in [-0.2, 0) is 9.53 Å². The summed E-state index contributed by atoms with van der Waals surface area (Å²) in [5.41, 5.74) is 2.06. The van der Waals surface area contributed by atoms with Crippen LogP contribution in [-0.4, -0.2) is 30.2 Å². The zero-order valence-corrected chi connectivity index (χ0v) is 20.0. The molecule has 0 atom stereocenters. The maximum Gasteiger partial charge on any atom is 0.337 e. The second-order valence-electron chi connectivity index (χ2n) is 7.22. The lowest BCUT2D eigenvalue weighted by atomic mass is 9.93. The Morgan fingerprint density at radius 3 is 2.14 bits per heavy atom. The van der Waals surface area contributed by atoms with Crippen LogP contribution in [0, 0.1) is 0 Å². The second-order valence-corrected chi connectivity index (χ2v) is 7.70. The van der Waals surface area contributed by atoms with Gasteiger partial charge in [-0.05, 0) is 24.3 Å². The van der Waals surface area contributed by atoms with E-state index in [0.717, 1.165) is 0 Å². The third-order valence-corrected chi connectivity index (χ3v) is 5.44. The highest BCUT2D eigenvalue weighted by Crippen LogP contribution is 2.42. The topological polar surface area (TPSA) is 79.8 Å². The quantitative estimate of drug-likeness (QED) is 0.180. The van der Waals surface area contributed by atoms with E-state index in [1.807, 2.05) is 36.4 Å². The van der Waals surface area contributed by atoms with Gasteiger partial charge < -0.3 is 18.9 Å². The van der Waals surface area contributed by atoms with Crippen LogP contribution in [0.15, 0.2) is 90.6 Å². The van der Waals surface area contributed by atoms with Gasteiger partial charge in [-0.25, -0.2) is 14.8 Å². The molecule has 0 unspecified atom stereocenters. The Bertz CT molecular complexity index is 1390. The minimum atomic E-state index is -0.542. The van der Waals surface area contributed by atoms with Gasteiger partial charge >= 0.3 is 5.97 Å². The molecule has 0 saturated carbocycles. The van der Waals surface area contributed by atoms with Crippen molar-refractivity contribution in [1.82, 2.24) is 9.97 Å². The fraction of sp³-hybridized carbons (Fsp3) is 0.0741. The molecule has 0 aliphatic heterocycles. The number of ether oxygens (including phenoxy) is 4. The van der Waals surface area contributed by atoms with Crippen LogP contribution in [0.1, 0.15) is 5.56 Å². The number of nitrogens with zero attached hydrogens (tertiary/aromatic N) is 2. The monoisotopic (exact) mass is 486 g/mol. The molecule has 1 heterocycles. The molecule has 0 saturated heterocycles. The summed E-state index contributed by atoms with van der Waals surface area (Å²) in [7, 11) is 2.87. The summed E-state index contributed by atoms with van der Waals surface area (Å²) in [6, 6.07) is 21.6. The van der Waals surface area contributed by atoms with Crippen molar-refractivity contribution in [3.05, 3.63) is 91.3 Å². The summed E-state index contributed by atoms with van der Waals surface area (Å²) in [5, 5.41) is 0. The summed E-state index contributed by atoms with van der Waals surface area (Å²) in [6.07, 6.45) is 1.35. The SMILES string of the molecule is C=C(C(=O)OC)c1cccc(OC)c1-c1ccccc1Oc1cc(Oc2ccccc2S)ncn1. The summed E-state index contributed by atoms with van der Waals surface area (Å²) in [6.45, 7) is 3.92. The number of benzene rings is 3. The van der Waals surface area contributed by atoms with Gasteiger partial charge in [0.15, 0.2) is 0 Å². The van der Waals surface area contributed by atoms with Gasteiger partial charge in [-0.3, -0.25) is 0 Å². The molecule has 0 aliphatic rings. The van der Waals surface area contributed by atoms with Crippen LogP contribution in [0.3, 0.4) is 0 Å². The highest BCUT2D eigenvalue weighted by molar-refractivity contribution is 7.80. The molecule has 0 bridgehead atoms. The minimum Gasteiger partial charge on any atom is -0.496 e. The van der Waals surface area contributed by atoms with E-state index in [9.17, 15) is 4.79 Å². The fourth-order valence-electron chi connectivity index (χ4n) is 3.43. The number of para-hydroxylation sites is 2. The van der Waals surface area contributed by atoms with Gasteiger partial charge in [0, 0.05) is 21.6 Å². The highest BCUT2D eigenvalue weighted by Gasteiger charge is 2.21. The van der Waals surface area contributed by atoms with Gasteiger partial charge in [0.2, 0.25) is 11.8 Å². The first kappa shape index (κ1) is 23.8. The Labute approximate surface area is 208 Å². The van der Waals surface area contributed by atoms with Crippen LogP contribution in [0.25, 0.3) is 16.7 Å². The molecule has 0 fully saturated rings. The maximum absolute atomic E-state index is 12.3. The molecule has 0 amide bonds. The van der Waals surface area contributed by atoms with Crippen molar-refractivity contribution in [3.63, 3.8) is 0 Å². The Morgan fingerprint density at radius 1 is 0.829 bits per heavy atom. The number of carbonyl (C=O) groups is 1. The zero-order chi connectivity index (χ0) is 24.8.